The van der Waals surface area contributed by atoms with Gasteiger partial charge in [0, 0.05) is 11.7 Å². The summed E-state index contributed by atoms with van der Waals surface area (Å²) in [5, 5.41) is 3.48. The van der Waals surface area contributed by atoms with Gasteiger partial charge in [-0.3, -0.25) is 0 Å². The smallest absolute Gasteiger partial charge is 0.339 e. The first kappa shape index (κ1) is 13.9. The number of benzene rings is 1. The van der Waals surface area contributed by atoms with E-state index in [0.29, 0.717) is 11.6 Å². The van der Waals surface area contributed by atoms with E-state index in [1.54, 1.807) is 0 Å². The van der Waals surface area contributed by atoms with E-state index in [1.165, 1.54) is 7.11 Å². The van der Waals surface area contributed by atoms with Gasteiger partial charge >= 0.3 is 5.97 Å². The van der Waals surface area contributed by atoms with E-state index in [4.69, 9.17) is 4.74 Å². The fourth-order valence-electron chi connectivity index (χ4n) is 2.44. The molecule has 0 atom stereocenters. The average Bonchev–Trinajstić information content (AvgIpc) is 2.42. The van der Waals surface area contributed by atoms with Gasteiger partial charge in [0.25, 0.3) is 0 Å². The van der Waals surface area contributed by atoms with Crippen molar-refractivity contribution in [2.24, 2.45) is 0 Å². The van der Waals surface area contributed by atoms with Crippen LogP contribution in [0.5, 0.6) is 0 Å². The van der Waals surface area contributed by atoms with Crippen molar-refractivity contribution in [2.75, 3.05) is 32.6 Å². The Hall–Kier alpha value is -1.55. The van der Waals surface area contributed by atoms with E-state index < -0.39 is 0 Å². The number of esters is 1. The summed E-state index contributed by atoms with van der Waals surface area (Å²) in [7, 11) is 3.56. The van der Waals surface area contributed by atoms with Crippen molar-refractivity contribution >= 4 is 11.7 Å². The van der Waals surface area contributed by atoms with Gasteiger partial charge in [-0.1, -0.05) is 11.6 Å². The number of ether oxygens (including phenoxy) is 1. The van der Waals surface area contributed by atoms with Crippen LogP contribution in [0.1, 0.15) is 28.8 Å². The van der Waals surface area contributed by atoms with Crippen molar-refractivity contribution in [3.8, 4) is 0 Å². The van der Waals surface area contributed by atoms with Gasteiger partial charge < -0.3 is 15.0 Å². The molecular formula is C15H22N2O2. The molecule has 1 fully saturated rings. The fourth-order valence-corrected chi connectivity index (χ4v) is 2.44. The van der Waals surface area contributed by atoms with Gasteiger partial charge in [0.15, 0.2) is 0 Å². The quantitative estimate of drug-likeness (QED) is 0.849. The highest BCUT2D eigenvalue weighted by molar-refractivity contribution is 5.95. The maximum Gasteiger partial charge on any atom is 0.339 e. The Kier molecular flexibility index (Phi) is 4.43. The van der Waals surface area contributed by atoms with Gasteiger partial charge in [-0.25, -0.2) is 4.79 Å². The number of likely N-dealkylation sites (tertiary alicyclic amines) is 1. The topological polar surface area (TPSA) is 41.6 Å². The first-order valence-electron chi connectivity index (χ1n) is 6.74. The number of aryl methyl sites for hydroxylation is 1. The van der Waals surface area contributed by atoms with Crippen LogP contribution in [0.3, 0.4) is 0 Å². The molecule has 0 spiro atoms. The monoisotopic (exact) mass is 262 g/mol. The fraction of sp³-hybridized carbons (Fsp3) is 0.533. The van der Waals surface area contributed by atoms with Crippen molar-refractivity contribution in [2.45, 2.75) is 25.8 Å². The molecule has 0 amide bonds. The lowest BCUT2D eigenvalue weighted by molar-refractivity contribution is 0.0601. The van der Waals surface area contributed by atoms with Crippen LogP contribution in [0.15, 0.2) is 18.2 Å². The van der Waals surface area contributed by atoms with Gasteiger partial charge in [-0.05, 0) is 52.0 Å². The third kappa shape index (κ3) is 3.47. The molecule has 1 N–H and O–H groups in total. The number of hydrogen-bond acceptors (Lipinski definition) is 4. The molecule has 19 heavy (non-hydrogen) atoms. The minimum atomic E-state index is -0.279. The second-order valence-corrected chi connectivity index (χ2v) is 5.26. The van der Waals surface area contributed by atoms with Gasteiger partial charge in [-0.2, -0.15) is 0 Å². The zero-order valence-electron chi connectivity index (χ0n) is 11.9. The molecule has 1 heterocycles. The number of hydrogen-bond donors (Lipinski definition) is 1. The number of carbonyl (C=O) groups is 1. The lowest BCUT2D eigenvalue weighted by atomic mass is 10.0. The molecule has 1 saturated heterocycles. The highest BCUT2D eigenvalue weighted by atomic mass is 16.5. The predicted octanol–water partition coefficient (Wildman–Crippen LogP) is 2.29. The van der Waals surface area contributed by atoms with E-state index in [-0.39, 0.29) is 5.97 Å². The van der Waals surface area contributed by atoms with Crippen molar-refractivity contribution in [3.63, 3.8) is 0 Å². The molecule has 2 rings (SSSR count). The second-order valence-electron chi connectivity index (χ2n) is 5.26. The van der Waals surface area contributed by atoms with Crippen LogP contribution >= 0.6 is 0 Å². The van der Waals surface area contributed by atoms with Gasteiger partial charge in [0.1, 0.15) is 0 Å². The van der Waals surface area contributed by atoms with Gasteiger partial charge in [0.05, 0.1) is 12.7 Å². The van der Waals surface area contributed by atoms with Gasteiger partial charge in [-0.15, -0.1) is 0 Å². The number of piperidine rings is 1. The minimum absolute atomic E-state index is 0.279. The summed E-state index contributed by atoms with van der Waals surface area (Å²) in [4.78, 5) is 14.1. The summed E-state index contributed by atoms with van der Waals surface area (Å²) in [6.45, 7) is 4.17. The van der Waals surface area contributed by atoms with E-state index >= 15 is 0 Å². The molecule has 0 aromatic heterocycles. The van der Waals surface area contributed by atoms with E-state index in [0.717, 1.165) is 37.2 Å². The van der Waals surface area contributed by atoms with E-state index in [1.807, 2.05) is 25.1 Å². The zero-order valence-corrected chi connectivity index (χ0v) is 11.9. The Balaban J connectivity index is 2.13. The molecule has 0 aliphatic carbocycles. The predicted molar refractivity (Wildman–Crippen MR) is 76.7 cm³/mol. The van der Waals surface area contributed by atoms with Crippen LogP contribution in [0.2, 0.25) is 0 Å². The third-order valence-corrected chi connectivity index (χ3v) is 3.66. The maximum absolute atomic E-state index is 11.8. The second kappa shape index (κ2) is 6.06. The summed E-state index contributed by atoms with van der Waals surface area (Å²) in [5.41, 5.74) is 2.57. The molecule has 1 aromatic carbocycles. The van der Waals surface area contributed by atoms with Crippen molar-refractivity contribution < 1.29 is 9.53 Å². The normalized spacial score (nSPS) is 17.2. The standard InChI is InChI=1S/C15H22N2O2/c1-11-4-5-14(13(10-11)15(18)19-3)16-12-6-8-17(2)9-7-12/h4-5,10,12,16H,6-9H2,1-3H3. The highest BCUT2D eigenvalue weighted by Gasteiger charge is 2.19. The van der Waals surface area contributed by atoms with E-state index in [2.05, 4.69) is 17.3 Å². The summed E-state index contributed by atoms with van der Waals surface area (Å²) >= 11 is 0. The van der Waals surface area contributed by atoms with Crippen molar-refractivity contribution in [3.05, 3.63) is 29.3 Å². The molecule has 0 bridgehead atoms. The SMILES string of the molecule is COC(=O)c1cc(C)ccc1NC1CCN(C)CC1. The Labute approximate surface area is 114 Å². The van der Waals surface area contributed by atoms with Crippen molar-refractivity contribution in [1.82, 2.24) is 4.90 Å². The molecule has 1 aromatic rings. The van der Waals surface area contributed by atoms with Crippen LogP contribution in [-0.4, -0.2) is 44.2 Å². The van der Waals surface area contributed by atoms with Crippen LogP contribution in [-0.2, 0) is 4.74 Å². The molecule has 1 aliphatic rings. The average molecular weight is 262 g/mol. The van der Waals surface area contributed by atoms with E-state index in [9.17, 15) is 4.79 Å². The number of methoxy groups -OCH3 is 1. The summed E-state index contributed by atoms with van der Waals surface area (Å²) in [6.07, 6.45) is 2.20. The van der Waals surface area contributed by atoms with Gasteiger partial charge in [0.2, 0.25) is 0 Å². The summed E-state index contributed by atoms with van der Waals surface area (Å²) in [6, 6.07) is 6.30. The Morgan fingerprint density at radius 1 is 1.37 bits per heavy atom. The molecule has 104 valence electrons. The summed E-state index contributed by atoms with van der Waals surface area (Å²) in [5.74, 6) is -0.279. The number of anilines is 1. The molecule has 1 aliphatic heterocycles. The minimum Gasteiger partial charge on any atom is -0.465 e. The lowest BCUT2D eigenvalue weighted by Gasteiger charge is -2.30. The first-order valence-corrected chi connectivity index (χ1v) is 6.74. The molecule has 0 unspecified atom stereocenters. The number of nitrogens with one attached hydrogen (secondary N) is 1. The Morgan fingerprint density at radius 2 is 2.05 bits per heavy atom. The molecule has 4 heteroatoms. The third-order valence-electron chi connectivity index (χ3n) is 3.66. The van der Waals surface area contributed by atoms with Crippen LogP contribution in [0, 0.1) is 6.92 Å². The molecule has 0 saturated carbocycles. The number of rotatable bonds is 3. The number of nitrogens with zero attached hydrogens (tertiary/aromatic N) is 1. The largest absolute Gasteiger partial charge is 0.465 e. The Morgan fingerprint density at radius 3 is 2.68 bits per heavy atom. The summed E-state index contributed by atoms with van der Waals surface area (Å²) < 4.78 is 4.85. The highest BCUT2D eigenvalue weighted by Crippen LogP contribution is 2.22. The molecule has 0 radical (unpaired) electrons. The molecule has 4 nitrogen and oxygen atoms in total. The number of carbonyl (C=O) groups excluding carboxylic acids is 1. The lowest BCUT2D eigenvalue weighted by Crippen LogP contribution is -2.37. The first-order chi connectivity index (χ1) is 9.10. The van der Waals surface area contributed by atoms with Crippen molar-refractivity contribution in [1.29, 1.82) is 0 Å². The van der Waals surface area contributed by atoms with Crippen LogP contribution in [0.4, 0.5) is 5.69 Å². The Bertz CT molecular complexity index is 451. The zero-order chi connectivity index (χ0) is 13.8. The van der Waals surface area contributed by atoms with Crippen LogP contribution < -0.4 is 5.32 Å². The maximum atomic E-state index is 11.8. The van der Waals surface area contributed by atoms with Crippen LogP contribution in [0.25, 0.3) is 0 Å². The molecular weight excluding hydrogens is 240 g/mol.